The summed E-state index contributed by atoms with van der Waals surface area (Å²) in [4.78, 5) is 165. The fourth-order valence-electron chi connectivity index (χ4n) is 14.5. The van der Waals surface area contributed by atoms with Gasteiger partial charge in [-0.1, -0.05) is 23.6 Å². The second kappa shape index (κ2) is 32.8. The standard InChI is InChI=1S/C57H78N13O34P5S3.Y/c1-22-13-67(51(75)62-42(22)59)33-12-29(100-108(84,111)89-18-31-34(101-107(83,110)87-9)35(86-8)46(96-31)66-11-10-32(58)61-50(66)74)30(95-33)17-88-105(79,80)102-40-37-48(68-14-23(2)43(60)63-52(68)76)98-56(40,27(6)93-37)20-90-106(81,82)103-41-38-49(70-16-25(4)45(73)65-54(70)78)99-57(41,28(7)94-38)21-91-109(85,112)104-39-36-47(97-55(39,19-71)26(5)92-36)69-15-24(3)44(72)64-53(69)77;/h10-11,13-16,26-31,33-41,46-49,71H,12,17-21H2,1-9H3,(H,79,80)(H,81,82)(H,83,110)(H,84,111)(H,85,112)(H2,58,61,74)(H2,59,62,75)(H2,60,63,76)(H,64,72,77)(H,65,73,78);/p-5/t26-,27-,28-,29?,30+,31+,33+,34?,35-,36-,37-,38-,39?,40?,41?,46+,47+,48+,49+,55-,56-,57-,107?,108?,109?;/m0./s1. The van der Waals surface area contributed by atoms with Crippen LogP contribution in [0.15, 0.2) is 70.6 Å². The van der Waals surface area contributed by atoms with Gasteiger partial charge in [-0.15, -0.1) is 0 Å². The van der Waals surface area contributed by atoms with E-state index in [1.807, 2.05) is 0 Å². The minimum Gasteiger partial charge on any atom is -0.780 e. The van der Waals surface area contributed by atoms with Crippen LogP contribution in [0.5, 0.6) is 0 Å². The van der Waals surface area contributed by atoms with Crippen molar-refractivity contribution < 1.29 is 159 Å². The van der Waals surface area contributed by atoms with E-state index in [9.17, 15) is 71.9 Å². The fourth-order valence-corrected chi connectivity index (χ4v) is 20.3. The SMILES string of the molecule is CO[C@H]1C(OP([O-])(=S)OC)[C@@H](COP(=O)([S-])OC2C[C@H](n3cc(C)c(N)nc3=O)O[C@@H]2COP(=O)([O-])OC2[C@@H]3O[C@@H](C)[C@]2(COP(=O)([O-])OC2[C@@H]4O[C@@H](C)[C@]2(COP([O-])(=S)OC2[C@@H]5O[C@@H](C)[C@]2(CO)O[C@H]5n2cc(C)c(=O)[nH]c2=O)O[C@H]4n2cc(C)c(=O)[nH]c2=O)O[C@H]3n2cc(C)c(N)nc2=O)O[C@H]1n1ccc(N)nc1=O.[Y]. The predicted octanol–water partition coefficient (Wildman–Crippen LogP) is -4.41. The molecule has 6 bridgehead atoms. The zero-order valence-electron chi connectivity index (χ0n) is 60.4. The molecule has 1 radical (unpaired) electrons. The number of aliphatic hydroxyl groups is 1. The van der Waals surface area contributed by atoms with Gasteiger partial charge in [-0.05, 0) is 54.5 Å². The van der Waals surface area contributed by atoms with Gasteiger partial charge in [0.15, 0.2) is 31.7 Å². The van der Waals surface area contributed by atoms with Crippen molar-refractivity contribution in [2.45, 2.75) is 188 Å². The Bertz CT molecular complexity index is 5220. The minimum atomic E-state index is -6.09. The van der Waals surface area contributed by atoms with E-state index in [2.05, 4.69) is 24.9 Å². The summed E-state index contributed by atoms with van der Waals surface area (Å²) in [6.45, 7) is -9.89. The largest absolute Gasteiger partial charge is 0.780 e. The minimum absolute atomic E-state index is 0. The summed E-state index contributed by atoms with van der Waals surface area (Å²) in [6.07, 6.45) is -24.6. The Hall–Kier alpha value is -4.12. The zero-order chi connectivity index (χ0) is 81.4. The molecule has 0 amide bonds. The number of ether oxygens (including phenoxy) is 9. The molecule has 5 aromatic rings. The van der Waals surface area contributed by atoms with E-state index in [-0.39, 0.29) is 72.4 Å². The van der Waals surface area contributed by atoms with Crippen LogP contribution in [-0.2, 0) is 170 Å². The number of nitrogens with two attached hydrogens (primary N) is 3. The van der Waals surface area contributed by atoms with Crippen molar-refractivity contribution in [3.05, 3.63) is 132 Å². The Balaban J connectivity index is 0.0000118. The number of H-pyrrole nitrogens is 2. The molecule has 8 aliphatic heterocycles. The van der Waals surface area contributed by atoms with Crippen molar-refractivity contribution in [3.8, 4) is 0 Å². The quantitative estimate of drug-likeness (QED) is 0.0187. The number of phosphoric acid groups is 2. The molecule has 8 aliphatic rings. The van der Waals surface area contributed by atoms with Crippen LogP contribution in [-0.4, -0.2) is 202 Å². The van der Waals surface area contributed by atoms with E-state index in [0.717, 1.165) is 42.3 Å². The molecule has 13 rings (SSSR count). The van der Waals surface area contributed by atoms with E-state index >= 15 is 0 Å². The van der Waals surface area contributed by atoms with Crippen molar-refractivity contribution in [2.75, 3.05) is 64.5 Å². The summed E-state index contributed by atoms with van der Waals surface area (Å²) < 4.78 is 161. The normalized spacial score (nSPS) is 35.6. The molecule has 5 aromatic heterocycles. The molecule has 0 aromatic carbocycles. The summed E-state index contributed by atoms with van der Waals surface area (Å²) in [5, 5.41) is 10.9. The first-order chi connectivity index (χ1) is 52.4. The number of phosphoric ester groups is 2. The Morgan fingerprint density at radius 3 is 1.55 bits per heavy atom. The first kappa shape index (κ1) is 88.2. The number of anilines is 3. The maximum Gasteiger partial charge on any atom is 0.351 e. The van der Waals surface area contributed by atoms with Crippen molar-refractivity contribution in [2.24, 2.45) is 0 Å². The van der Waals surface area contributed by atoms with Gasteiger partial charge < -0.3 is 142 Å². The summed E-state index contributed by atoms with van der Waals surface area (Å²) >= 11 is 15.8. The van der Waals surface area contributed by atoms with Crippen LogP contribution in [0.1, 0.15) is 80.6 Å². The van der Waals surface area contributed by atoms with Crippen LogP contribution in [0.4, 0.5) is 17.5 Å². The predicted molar refractivity (Wildman–Crippen MR) is 376 cm³/mol. The Morgan fingerprint density at radius 1 is 0.566 bits per heavy atom. The van der Waals surface area contributed by atoms with Crippen molar-refractivity contribution in [1.82, 2.24) is 47.8 Å². The number of fused-ring (bicyclic) bond motifs is 6. The molecule has 0 aliphatic carbocycles. The van der Waals surface area contributed by atoms with Crippen molar-refractivity contribution in [1.29, 1.82) is 0 Å². The van der Waals surface area contributed by atoms with Gasteiger partial charge in [0.25, 0.3) is 26.8 Å². The first-order valence-corrected chi connectivity index (χ1v) is 44.2. The third kappa shape index (κ3) is 17.0. The van der Waals surface area contributed by atoms with Crippen molar-refractivity contribution in [3.63, 3.8) is 0 Å². The van der Waals surface area contributed by atoms with E-state index in [1.54, 1.807) is 0 Å². The number of methoxy groups -OCH3 is 1. The van der Waals surface area contributed by atoms with Crippen LogP contribution < -0.4 is 76.3 Å². The zero-order valence-corrected chi connectivity index (χ0v) is 70.2. The summed E-state index contributed by atoms with van der Waals surface area (Å²) in [5.41, 5.74) is 4.75. The van der Waals surface area contributed by atoms with Crippen LogP contribution in [0.25, 0.3) is 0 Å². The first-order valence-electron chi connectivity index (χ1n) is 33.6. The number of hydrogen-bond donors (Lipinski definition) is 6. The average molecular weight is 1820 g/mol. The van der Waals surface area contributed by atoms with Gasteiger partial charge >= 0.3 is 28.4 Å². The van der Waals surface area contributed by atoms with Crippen LogP contribution >= 0.6 is 35.9 Å². The molecule has 9 N–H and O–H groups in total. The molecule has 113 heavy (non-hydrogen) atoms. The van der Waals surface area contributed by atoms with Gasteiger partial charge in [0, 0.05) is 107 Å². The third-order valence-corrected chi connectivity index (χ3v) is 27.0. The molecular weight excluding hydrogens is 1750 g/mol. The monoisotopic (exact) mass is 1820 g/mol. The maximum absolute atomic E-state index is 14.9. The van der Waals surface area contributed by atoms with E-state index < -0.39 is 248 Å². The maximum atomic E-state index is 14.9. The van der Waals surface area contributed by atoms with Gasteiger partial charge in [-0.3, -0.25) is 56.1 Å². The number of aromatic nitrogens is 10. The average Bonchev–Trinajstić information content (AvgIpc) is 1.56. The molecule has 10 unspecified atom stereocenters. The number of aromatic amines is 2. The Labute approximate surface area is 676 Å². The number of nitrogens with zero attached hydrogens (tertiary/aromatic N) is 8. The van der Waals surface area contributed by atoms with E-state index in [0.29, 0.717) is 0 Å². The van der Waals surface area contributed by atoms with Gasteiger partial charge in [-0.2, -0.15) is 15.0 Å². The summed E-state index contributed by atoms with van der Waals surface area (Å²) in [7, 11) is -9.92. The molecule has 0 saturated carbocycles. The smallest absolute Gasteiger partial charge is 0.351 e. The van der Waals surface area contributed by atoms with E-state index in [4.69, 9.17) is 141 Å². The molecule has 8 saturated heterocycles. The molecule has 27 atom stereocenters. The number of aryl methyl sites for hydroxylation is 4. The second-order valence-electron chi connectivity index (χ2n) is 27.3. The van der Waals surface area contributed by atoms with Crippen LogP contribution in [0.2, 0.25) is 0 Å². The van der Waals surface area contributed by atoms with Gasteiger partial charge in [0.1, 0.15) is 115 Å². The van der Waals surface area contributed by atoms with Gasteiger partial charge in [0.05, 0.1) is 57.5 Å². The van der Waals surface area contributed by atoms with Gasteiger partial charge in [0.2, 0.25) is 0 Å². The fraction of sp³-hybridized carbons (Fsp3) is 0.649. The van der Waals surface area contributed by atoms with E-state index in [1.165, 1.54) is 80.2 Å². The van der Waals surface area contributed by atoms with Crippen LogP contribution in [0.3, 0.4) is 0 Å². The molecule has 0 spiro atoms. The summed E-state index contributed by atoms with van der Waals surface area (Å²) in [5.74, 6) is -0.559. The van der Waals surface area contributed by atoms with Crippen molar-refractivity contribution >= 4 is 89.2 Å². The topological polar surface area (TPSA) is 632 Å². The Kier molecular flexibility index (Phi) is 25.6. The molecule has 621 valence electrons. The number of hydrogen-bond acceptors (Lipinski definition) is 43. The number of aliphatic hydroxyl groups excluding tert-OH is 1. The number of nitrogen functional groups attached to an aromatic ring is 3. The molecule has 47 nitrogen and oxygen atoms in total. The molecule has 56 heteroatoms. The summed E-state index contributed by atoms with van der Waals surface area (Å²) in [6, 6.07) is 1.25. The molecule has 8 fully saturated rings. The Morgan fingerprint density at radius 2 is 1.03 bits per heavy atom. The number of nitrogens with one attached hydrogen (secondary N) is 2. The third-order valence-electron chi connectivity index (χ3n) is 20.4. The van der Waals surface area contributed by atoms with Gasteiger partial charge in [-0.25, -0.2) is 24.0 Å². The second-order valence-corrected chi connectivity index (χ2v) is 38.2. The number of rotatable bonds is 30. The van der Waals surface area contributed by atoms with Crippen LogP contribution in [0, 0.1) is 27.7 Å². The molecular formula is C57H73N13O34P5S3Y-5. The molecule has 13 heterocycles.